The molecule has 1 aromatic heterocycles. The third kappa shape index (κ3) is 5.78. The number of benzene rings is 2. The zero-order chi connectivity index (χ0) is 24.2. The summed E-state index contributed by atoms with van der Waals surface area (Å²) < 4.78 is 5.19. The summed E-state index contributed by atoms with van der Waals surface area (Å²) in [6.45, 7) is 2.34. The normalized spacial score (nSPS) is 23.5. The molecule has 2 fully saturated rings. The van der Waals surface area contributed by atoms with Crippen LogP contribution in [0.3, 0.4) is 0 Å². The number of aromatic nitrogens is 2. The minimum atomic E-state index is -0.165. The Hall–Kier alpha value is -3.06. The fourth-order valence-corrected chi connectivity index (χ4v) is 6.13. The third-order valence-electron chi connectivity index (χ3n) is 7.34. The van der Waals surface area contributed by atoms with Crippen molar-refractivity contribution in [3.8, 4) is 0 Å². The predicted molar refractivity (Wildman–Crippen MR) is 136 cm³/mol. The number of carbonyl (C=O) groups is 2. The zero-order valence-corrected chi connectivity index (χ0v) is 20.8. The smallest absolute Gasteiger partial charge is 0.309 e. The third-order valence-corrected chi connectivity index (χ3v) is 8.17. The second-order valence-corrected chi connectivity index (χ2v) is 10.7. The summed E-state index contributed by atoms with van der Waals surface area (Å²) in [7, 11) is 0. The number of amides is 1. The van der Waals surface area contributed by atoms with Crippen LogP contribution in [0.25, 0.3) is 0 Å². The summed E-state index contributed by atoms with van der Waals surface area (Å²) in [5, 5.41) is 12.6. The molecule has 2 saturated carbocycles. The van der Waals surface area contributed by atoms with Crippen molar-refractivity contribution in [2.45, 2.75) is 51.4 Å². The minimum absolute atomic E-state index is 0.00515. The summed E-state index contributed by atoms with van der Waals surface area (Å²) in [6.07, 6.45) is 6.30. The molecule has 5 rings (SSSR count). The number of carbonyl (C=O) groups excluding carboxylic acids is 2. The summed E-state index contributed by atoms with van der Waals surface area (Å²) in [6, 6.07) is 18.1. The molecule has 0 aliphatic heterocycles. The van der Waals surface area contributed by atoms with Crippen molar-refractivity contribution in [1.82, 2.24) is 10.2 Å². The minimum Gasteiger partial charge on any atom is -0.466 e. The van der Waals surface area contributed by atoms with Gasteiger partial charge in [0.15, 0.2) is 0 Å². The Labute approximate surface area is 210 Å². The van der Waals surface area contributed by atoms with Crippen molar-refractivity contribution in [2.75, 3.05) is 11.9 Å². The van der Waals surface area contributed by atoms with Gasteiger partial charge in [0.2, 0.25) is 5.13 Å². The highest BCUT2D eigenvalue weighted by Crippen LogP contribution is 2.51. The summed E-state index contributed by atoms with van der Waals surface area (Å²) in [4.78, 5) is 24.7. The van der Waals surface area contributed by atoms with E-state index >= 15 is 0 Å². The van der Waals surface area contributed by atoms with Gasteiger partial charge in [-0.2, -0.15) is 0 Å². The van der Waals surface area contributed by atoms with Gasteiger partial charge in [-0.1, -0.05) is 53.8 Å². The van der Waals surface area contributed by atoms with Crippen LogP contribution in [0.5, 0.6) is 0 Å². The fraction of sp³-hybridized carbons (Fsp3) is 0.429. The number of rotatable bonds is 8. The Balaban J connectivity index is 1.11. The van der Waals surface area contributed by atoms with E-state index in [4.69, 9.17) is 4.74 Å². The van der Waals surface area contributed by atoms with Crippen LogP contribution in [0.1, 0.15) is 71.4 Å². The van der Waals surface area contributed by atoms with Crippen LogP contribution in [-0.2, 0) is 16.0 Å². The lowest BCUT2D eigenvalue weighted by atomic mass is 9.76. The van der Waals surface area contributed by atoms with E-state index < -0.39 is 0 Å². The molecular formula is C28H31N3O3S. The first kappa shape index (κ1) is 23.7. The second kappa shape index (κ2) is 10.7. The summed E-state index contributed by atoms with van der Waals surface area (Å²) in [5.41, 5.74) is 3.08. The van der Waals surface area contributed by atoms with Gasteiger partial charge in [-0.05, 0) is 80.0 Å². The maximum absolute atomic E-state index is 12.7. The Morgan fingerprint density at radius 3 is 2.46 bits per heavy atom. The molecule has 0 saturated heterocycles. The molecule has 182 valence electrons. The van der Waals surface area contributed by atoms with E-state index in [9.17, 15) is 9.59 Å². The molecule has 0 spiro atoms. The quantitative estimate of drug-likeness (QED) is 0.401. The maximum atomic E-state index is 12.7. The van der Waals surface area contributed by atoms with Crippen molar-refractivity contribution in [1.29, 1.82) is 0 Å². The molecule has 1 heterocycles. The van der Waals surface area contributed by atoms with E-state index in [1.165, 1.54) is 22.5 Å². The number of hydrogen-bond donors (Lipinski definition) is 1. The van der Waals surface area contributed by atoms with E-state index in [1.807, 2.05) is 37.3 Å². The molecular weight excluding hydrogens is 458 g/mol. The zero-order valence-electron chi connectivity index (χ0n) is 20.0. The summed E-state index contributed by atoms with van der Waals surface area (Å²) >= 11 is 1.41. The van der Waals surface area contributed by atoms with Crippen molar-refractivity contribution in [3.05, 3.63) is 76.3 Å². The van der Waals surface area contributed by atoms with Crippen LogP contribution in [-0.4, -0.2) is 28.7 Å². The van der Waals surface area contributed by atoms with Gasteiger partial charge in [0.25, 0.3) is 5.91 Å². The molecule has 2 aliphatic rings. The standard InChI is InChI=1S/C28H31N3O3S/c1-2-34-27(33)24-17-23(24)21-12-8-19(9-13-21)20-10-14-22(15-11-20)26(32)29-28-31-30-25(35-28)16-18-6-4-3-5-7-18/h3-7,10-11,14-15,19,21,23-24H,2,8-9,12-13,16-17H2,1H3,(H,29,31,32)/t19?,21?,23-,24+/m1/s1. The Kier molecular flexibility index (Phi) is 7.23. The number of ether oxygens (including phenoxy) is 1. The molecule has 7 heteroatoms. The monoisotopic (exact) mass is 489 g/mol. The van der Waals surface area contributed by atoms with Crippen LogP contribution in [0.2, 0.25) is 0 Å². The highest BCUT2D eigenvalue weighted by Gasteiger charge is 2.49. The fourth-order valence-electron chi connectivity index (χ4n) is 5.36. The van der Waals surface area contributed by atoms with E-state index in [0.29, 0.717) is 41.5 Å². The Morgan fingerprint density at radius 2 is 1.74 bits per heavy atom. The number of nitrogens with zero attached hydrogens (tertiary/aromatic N) is 2. The molecule has 2 aliphatic carbocycles. The van der Waals surface area contributed by atoms with Gasteiger partial charge in [0.05, 0.1) is 12.5 Å². The molecule has 1 N–H and O–H groups in total. The SMILES string of the molecule is CCOC(=O)[C@H]1C[C@@H]1C1CCC(c2ccc(C(=O)Nc3nnc(Cc4ccccc4)s3)cc2)CC1. The van der Waals surface area contributed by atoms with Crippen LogP contribution >= 0.6 is 11.3 Å². The van der Waals surface area contributed by atoms with Crippen molar-refractivity contribution in [3.63, 3.8) is 0 Å². The van der Waals surface area contributed by atoms with Crippen LogP contribution in [0, 0.1) is 17.8 Å². The molecule has 6 nitrogen and oxygen atoms in total. The van der Waals surface area contributed by atoms with Crippen molar-refractivity contribution < 1.29 is 14.3 Å². The lowest BCUT2D eigenvalue weighted by molar-refractivity contribution is -0.145. The number of hydrogen-bond acceptors (Lipinski definition) is 6. The van der Waals surface area contributed by atoms with Gasteiger partial charge >= 0.3 is 5.97 Å². The van der Waals surface area contributed by atoms with Gasteiger partial charge in [-0.15, -0.1) is 10.2 Å². The second-order valence-electron chi connectivity index (χ2n) is 9.61. The van der Waals surface area contributed by atoms with E-state index in [0.717, 1.165) is 37.1 Å². The van der Waals surface area contributed by atoms with Gasteiger partial charge < -0.3 is 4.74 Å². The Bertz CT molecular complexity index is 1150. The van der Waals surface area contributed by atoms with Gasteiger partial charge in [-0.3, -0.25) is 14.9 Å². The first-order valence-electron chi connectivity index (χ1n) is 12.5. The lowest BCUT2D eigenvalue weighted by Gasteiger charge is -2.29. The van der Waals surface area contributed by atoms with E-state index in [-0.39, 0.29) is 17.8 Å². The van der Waals surface area contributed by atoms with E-state index in [1.54, 1.807) is 0 Å². The molecule has 2 atom stereocenters. The van der Waals surface area contributed by atoms with Gasteiger partial charge in [0.1, 0.15) is 5.01 Å². The first-order chi connectivity index (χ1) is 17.1. The van der Waals surface area contributed by atoms with E-state index in [2.05, 4.69) is 39.8 Å². The maximum Gasteiger partial charge on any atom is 0.309 e. The van der Waals surface area contributed by atoms with Crippen LogP contribution in [0.4, 0.5) is 5.13 Å². The first-order valence-corrected chi connectivity index (χ1v) is 13.4. The molecule has 0 radical (unpaired) electrons. The van der Waals surface area contributed by atoms with Crippen molar-refractivity contribution >= 4 is 28.3 Å². The molecule has 1 amide bonds. The predicted octanol–water partition coefficient (Wildman–Crippen LogP) is 5.85. The van der Waals surface area contributed by atoms with Crippen LogP contribution in [0.15, 0.2) is 54.6 Å². The van der Waals surface area contributed by atoms with Gasteiger partial charge in [0, 0.05) is 12.0 Å². The topological polar surface area (TPSA) is 81.2 Å². The van der Waals surface area contributed by atoms with Gasteiger partial charge in [-0.25, -0.2) is 0 Å². The number of nitrogens with one attached hydrogen (secondary N) is 1. The molecule has 2 aromatic carbocycles. The number of anilines is 1. The average Bonchev–Trinajstić information content (AvgIpc) is 3.58. The number of esters is 1. The highest BCUT2D eigenvalue weighted by atomic mass is 32.1. The summed E-state index contributed by atoms with van der Waals surface area (Å²) in [5.74, 6) is 1.65. The van der Waals surface area contributed by atoms with Crippen molar-refractivity contribution in [2.24, 2.45) is 17.8 Å². The Morgan fingerprint density at radius 1 is 1.00 bits per heavy atom. The molecule has 0 unspecified atom stereocenters. The lowest BCUT2D eigenvalue weighted by Crippen LogP contribution is -2.18. The highest BCUT2D eigenvalue weighted by molar-refractivity contribution is 7.15. The largest absolute Gasteiger partial charge is 0.466 e. The molecule has 3 aromatic rings. The van der Waals surface area contributed by atoms with Crippen LogP contribution < -0.4 is 5.32 Å². The molecule has 35 heavy (non-hydrogen) atoms. The molecule has 0 bridgehead atoms. The average molecular weight is 490 g/mol.